The van der Waals surface area contributed by atoms with Gasteiger partial charge in [0.25, 0.3) is 0 Å². The summed E-state index contributed by atoms with van der Waals surface area (Å²) in [7, 11) is -3.98. The maximum atomic E-state index is 14.0. The fourth-order valence-corrected chi connectivity index (χ4v) is 4.99. The van der Waals surface area contributed by atoms with Crippen molar-refractivity contribution in [3.05, 3.63) is 58.6 Å². The van der Waals surface area contributed by atoms with Gasteiger partial charge >= 0.3 is 0 Å². The van der Waals surface area contributed by atoms with Crippen LogP contribution in [0.25, 0.3) is 0 Å². The van der Waals surface area contributed by atoms with Crippen LogP contribution in [0.1, 0.15) is 19.3 Å². The van der Waals surface area contributed by atoms with Crippen LogP contribution in [0.2, 0.25) is 0 Å². The molecule has 9 heteroatoms. The molecule has 27 heavy (non-hydrogen) atoms. The van der Waals surface area contributed by atoms with Crippen LogP contribution >= 0.6 is 15.9 Å². The lowest BCUT2D eigenvalue weighted by Crippen LogP contribution is -2.49. The molecule has 1 aliphatic heterocycles. The van der Waals surface area contributed by atoms with E-state index in [2.05, 4.69) is 21.2 Å². The molecule has 1 amide bonds. The molecule has 1 fully saturated rings. The molecule has 0 saturated carbocycles. The smallest absolute Gasteiger partial charge is 0.243 e. The van der Waals surface area contributed by atoms with Gasteiger partial charge in [0.15, 0.2) is 0 Å². The minimum Gasteiger partial charge on any atom is -0.322 e. The minimum absolute atomic E-state index is 0.0205. The molecule has 1 aliphatic rings. The second kappa shape index (κ2) is 8.04. The average Bonchev–Trinajstić information content (AvgIpc) is 2.64. The number of benzene rings is 2. The summed E-state index contributed by atoms with van der Waals surface area (Å²) in [5.74, 6) is -1.77. The largest absolute Gasteiger partial charge is 0.322 e. The molecule has 144 valence electrons. The third kappa shape index (κ3) is 4.36. The molecule has 0 radical (unpaired) electrons. The van der Waals surface area contributed by atoms with Gasteiger partial charge in [-0.05, 0) is 55.3 Å². The highest BCUT2D eigenvalue weighted by Gasteiger charge is 2.37. The first-order valence-electron chi connectivity index (χ1n) is 8.32. The number of carbonyl (C=O) groups excluding carboxylic acids is 1. The second-order valence-corrected chi connectivity index (χ2v) is 9.00. The zero-order chi connectivity index (χ0) is 19.6. The predicted octanol–water partition coefficient (Wildman–Crippen LogP) is 3.91. The molecular formula is C18H17BrF2N2O3S. The van der Waals surface area contributed by atoms with Gasteiger partial charge in [0.1, 0.15) is 17.7 Å². The molecule has 0 bridgehead atoms. The van der Waals surface area contributed by atoms with E-state index in [1.165, 1.54) is 24.3 Å². The number of hydrogen-bond donors (Lipinski definition) is 1. The van der Waals surface area contributed by atoms with Crippen LogP contribution in [0.4, 0.5) is 14.5 Å². The maximum Gasteiger partial charge on any atom is 0.243 e. The van der Waals surface area contributed by atoms with E-state index in [1.54, 1.807) is 6.07 Å². The summed E-state index contributed by atoms with van der Waals surface area (Å²) in [6.45, 7) is 0.167. The third-order valence-corrected chi connectivity index (χ3v) is 6.78. The Morgan fingerprint density at radius 3 is 2.48 bits per heavy atom. The van der Waals surface area contributed by atoms with Crippen LogP contribution in [-0.4, -0.2) is 31.2 Å². The molecule has 1 atom stereocenters. The monoisotopic (exact) mass is 458 g/mol. The second-order valence-electron chi connectivity index (χ2n) is 6.19. The molecule has 1 heterocycles. The quantitative estimate of drug-likeness (QED) is 0.754. The van der Waals surface area contributed by atoms with E-state index in [9.17, 15) is 22.0 Å². The van der Waals surface area contributed by atoms with Crippen molar-refractivity contribution < 1.29 is 22.0 Å². The van der Waals surface area contributed by atoms with Crippen LogP contribution < -0.4 is 5.32 Å². The number of rotatable bonds is 4. The van der Waals surface area contributed by atoms with Crippen LogP contribution in [0.15, 0.2) is 51.8 Å². The Morgan fingerprint density at radius 1 is 1.11 bits per heavy atom. The Hall–Kier alpha value is -1.84. The minimum atomic E-state index is -3.98. The molecule has 2 aromatic rings. The number of anilines is 1. The van der Waals surface area contributed by atoms with E-state index in [-0.39, 0.29) is 17.1 Å². The van der Waals surface area contributed by atoms with Gasteiger partial charge < -0.3 is 5.32 Å². The molecule has 2 aromatic carbocycles. The molecule has 1 saturated heterocycles. The van der Waals surface area contributed by atoms with E-state index >= 15 is 0 Å². The van der Waals surface area contributed by atoms with Gasteiger partial charge in [-0.1, -0.05) is 22.4 Å². The molecule has 0 unspecified atom stereocenters. The number of halogens is 3. The lowest BCUT2D eigenvalue weighted by Gasteiger charge is -2.33. The van der Waals surface area contributed by atoms with Gasteiger partial charge in [-0.2, -0.15) is 4.31 Å². The molecule has 0 aliphatic carbocycles. The summed E-state index contributed by atoms with van der Waals surface area (Å²) in [4.78, 5) is 12.6. The van der Waals surface area contributed by atoms with Gasteiger partial charge in [0.05, 0.1) is 10.6 Å². The molecule has 0 aromatic heterocycles. The van der Waals surface area contributed by atoms with E-state index in [0.29, 0.717) is 23.7 Å². The van der Waals surface area contributed by atoms with Crippen molar-refractivity contribution in [2.45, 2.75) is 30.2 Å². The van der Waals surface area contributed by atoms with Crippen molar-refractivity contribution >= 4 is 37.5 Å². The van der Waals surface area contributed by atoms with E-state index < -0.39 is 33.6 Å². The predicted molar refractivity (Wildman–Crippen MR) is 101 cm³/mol. The van der Waals surface area contributed by atoms with E-state index in [4.69, 9.17) is 0 Å². The number of carbonyl (C=O) groups is 1. The van der Waals surface area contributed by atoms with Gasteiger partial charge in [0, 0.05) is 11.0 Å². The summed E-state index contributed by atoms with van der Waals surface area (Å²) in [5, 5.41) is 2.47. The number of piperidine rings is 1. The molecule has 5 nitrogen and oxygen atoms in total. The first-order chi connectivity index (χ1) is 12.8. The van der Waals surface area contributed by atoms with E-state index in [0.717, 1.165) is 16.4 Å². The summed E-state index contributed by atoms with van der Waals surface area (Å²) < 4.78 is 54.6. The average molecular weight is 459 g/mol. The maximum absolute atomic E-state index is 14.0. The highest BCUT2D eigenvalue weighted by atomic mass is 79.9. The van der Waals surface area contributed by atoms with Crippen molar-refractivity contribution in [1.82, 2.24) is 4.31 Å². The molecule has 3 rings (SSSR count). The highest BCUT2D eigenvalue weighted by molar-refractivity contribution is 9.10. The Bertz CT molecular complexity index is 952. The Morgan fingerprint density at radius 2 is 1.81 bits per heavy atom. The third-order valence-electron chi connectivity index (χ3n) is 4.37. The van der Waals surface area contributed by atoms with Crippen LogP contribution in [0.5, 0.6) is 0 Å². The lowest BCUT2D eigenvalue weighted by atomic mass is 10.0. The standard InChI is InChI=1S/C18H17BrF2N2O3S/c19-12-4-9-16(15(21)11-12)22-18(24)17-3-1-2-10-23(17)27(25,26)14-7-5-13(20)6-8-14/h4-9,11,17H,1-3,10H2,(H,22,24)/t17-/m1/s1. The van der Waals surface area contributed by atoms with Crippen molar-refractivity contribution in [3.8, 4) is 0 Å². The number of amides is 1. The first kappa shape index (κ1) is 19.9. The van der Waals surface area contributed by atoms with Crippen molar-refractivity contribution in [2.75, 3.05) is 11.9 Å². The fraction of sp³-hybridized carbons (Fsp3) is 0.278. The Labute approximate surface area is 164 Å². The Kier molecular flexibility index (Phi) is 5.92. The summed E-state index contributed by atoms with van der Waals surface area (Å²) in [5.41, 5.74) is -0.0205. The van der Waals surface area contributed by atoms with Crippen LogP contribution in [0, 0.1) is 11.6 Å². The molecule has 0 spiro atoms. The van der Waals surface area contributed by atoms with Gasteiger partial charge in [-0.15, -0.1) is 0 Å². The van der Waals surface area contributed by atoms with Crippen molar-refractivity contribution in [1.29, 1.82) is 0 Å². The number of nitrogens with zero attached hydrogens (tertiary/aromatic N) is 1. The van der Waals surface area contributed by atoms with Crippen molar-refractivity contribution in [3.63, 3.8) is 0 Å². The first-order valence-corrected chi connectivity index (χ1v) is 10.6. The van der Waals surface area contributed by atoms with Gasteiger partial charge in [0.2, 0.25) is 15.9 Å². The summed E-state index contributed by atoms with van der Waals surface area (Å²) in [6.07, 6.45) is 1.61. The number of hydrogen-bond acceptors (Lipinski definition) is 3. The fourth-order valence-electron chi connectivity index (χ4n) is 3.00. The zero-order valence-corrected chi connectivity index (χ0v) is 16.6. The zero-order valence-electron chi connectivity index (χ0n) is 14.2. The number of nitrogens with one attached hydrogen (secondary N) is 1. The molecule has 1 N–H and O–H groups in total. The van der Waals surface area contributed by atoms with Crippen LogP contribution in [-0.2, 0) is 14.8 Å². The van der Waals surface area contributed by atoms with Crippen molar-refractivity contribution in [2.24, 2.45) is 0 Å². The van der Waals surface area contributed by atoms with E-state index in [1.807, 2.05) is 0 Å². The SMILES string of the molecule is O=C(Nc1ccc(Br)cc1F)[C@H]1CCCCN1S(=O)(=O)c1ccc(F)cc1. The summed E-state index contributed by atoms with van der Waals surface area (Å²) >= 11 is 3.14. The highest BCUT2D eigenvalue weighted by Crippen LogP contribution is 2.27. The topological polar surface area (TPSA) is 66.5 Å². The van der Waals surface area contributed by atoms with Crippen LogP contribution in [0.3, 0.4) is 0 Å². The normalized spacial score (nSPS) is 18.3. The molecular weight excluding hydrogens is 442 g/mol. The Balaban J connectivity index is 1.86. The van der Waals surface area contributed by atoms with Gasteiger partial charge in [-0.25, -0.2) is 17.2 Å². The lowest BCUT2D eigenvalue weighted by molar-refractivity contribution is -0.120. The van der Waals surface area contributed by atoms with Gasteiger partial charge in [-0.3, -0.25) is 4.79 Å². The number of sulfonamides is 1. The summed E-state index contributed by atoms with van der Waals surface area (Å²) in [6, 6.07) is 7.68.